The van der Waals surface area contributed by atoms with Gasteiger partial charge in [-0.15, -0.1) is 0 Å². The average molecular weight is 216 g/mol. The molecule has 15 heavy (non-hydrogen) atoms. The lowest BCUT2D eigenvalue weighted by molar-refractivity contribution is 0.00973. The Bertz CT molecular complexity index is 168. The predicted octanol–water partition coefficient (Wildman–Crippen LogP) is 0.116. The van der Waals surface area contributed by atoms with Gasteiger partial charge >= 0.3 is 0 Å². The first-order valence-electron chi connectivity index (χ1n) is 5.82. The molecule has 0 aromatic heterocycles. The van der Waals surface area contributed by atoms with Crippen LogP contribution in [0, 0.1) is 0 Å². The van der Waals surface area contributed by atoms with Gasteiger partial charge in [0, 0.05) is 26.2 Å². The molecule has 1 fully saturated rings. The number of piperidine rings is 1. The van der Waals surface area contributed by atoms with Gasteiger partial charge in [-0.1, -0.05) is 6.42 Å². The standard InChI is InChI=1S/C11H24N2O2/c1-11(14,9-12-7-8-15-2)10-5-3-4-6-13-10/h10,12-14H,3-9H2,1-2H3. The van der Waals surface area contributed by atoms with E-state index in [0.717, 1.165) is 19.5 Å². The van der Waals surface area contributed by atoms with E-state index in [0.29, 0.717) is 13.2 Å². The lowest BCUT2D eigenvalue weighted by atomic mass is 9.89. The summed E-state index contributed by atoms with van der Waals surface area (Å²) < 4.78 is 4.94. The van der Waals surface area contributed by atoms with Crippen LogP contribution in [-0.4, -0.2) is 50.1 Å². The molecule has 0 aliphatic carbocycles. The summed E-state index contributed by atoms with van der Waals surface area (Å²) in [6.45, 7) is 5.02. The second kappa shape index (κ2) is 6.43. The van der Waals surface area contributed by atoms with Gasteiger partial charge in [0.2, 0.25) is 0 Å². The molecule has 0 bridgehead atoms. The van der Waals surface area contributed by atoms with E-state index in [1.807, 2.05) is 6.92 Å². The molecule has 1 saturated heterocycles. The quantitative estimate of drug-likeness (QED) is 0.552. The van der Waals surface area contributed by atoms with Crippen molar-refractivity contribution in [1.82, 2.24) is 10.6 Å². The Morgan fingerprint density at radius 3 is 2.93 bits per heavy atom. The van der Waals surface area contributed by atoms with Gasteiger partial charge in [-0.3, -0.25) is 0 Å². The van der Waals surface area contributed by atoms with Crippen molar-refractivity contribution in [2.24, 2.45) is 0 Å². The smallest absolute Gasteiger partial charge is 0.0895 e. The Labute approximate surface area is 92.4 Å². The summed E-state index contributed by atoms with van der Waals surface area (Å²) in [4.78, 5) is 0. The Morgan fingerprint density at radius 2 is 2.33 bits per heavy atom. The zero-order valence-corrected chi connectivity index (χ0v) is 9.88. The number of aliphatic hydroxyl groups is 1. The van der Waals surface area contributed by atoms with Crippen LogP contribution >= 0.6 is 0 Å². The summed E-state index contributed by atoms with van der Waals surface area (Å²) in [6, 6.07) is 0.223. The molecule has 4 heteroatoms. The first-order chi connectivity index (χ1) is 7.17. The summed E-state index contributed by atoms with van der Waals surface area (Å²) in [5.41, 5.74) is -0.659. The normalized spacial score (nSPS) is 26.2. The number of rotatable bonds is 6. The Kier molecular flexibility index (Phi) is 5.53. The molecule has 4 nitrogen and oxygen atoms in total. The van der Waals surface area contributed by atoms with Crippen molar-refractivity contribution in [3.63, 3.8) is 0 Å². The minimum absolute atomic E-state index is 0.223. The van der Waals surface area contributed by atoms with Crippen molar-refractivity contribution in [3.8, 4) is 0 Å². The van der Waals surface area contributed by atoms with Crippen molar-refractivity contribution in [2.75, 3.05) is 33.4 Å². The fourth-order valence-corrected chi connectivity index (χ4v) is 2.02. The molecule has 0 aromatic rings. The van der Waals surface area contributed by atoms with E-state index in [1.165, 1.54) is 12.8 Å². The van der Waals surface area contributed by atoms with Crippen molar-refractivity contribution in [3.05, 3.63) is 0 Å². The van der Waals surface area contributed by atoms with Crippen LogP contribution < -0.4 is 10.6 Å². The lowest BCUT2D eigenvalue weighted by Crippen LogP contribution is -2.56. The number of ether oxygens (including phenoxy) is 1. The topological polar surface area (TPSA) is 53.5 Å². The number of nitrogens with one attached hydrogen (secondary N) is 2. The zero-order chi connectivity index (χ0) is 11.1. The van der Waals surface area contributed by atoms with Gasteiger partial charge in [-0.05, 0) is 26.3 Å². The molecular formula is C11H24N2O2. The molecular weight excluding hydrogens is 192 g/mol. The van der Waals surface area contributed by atoms with Crippen molar-refractivity contribution >= 4 is 0 Å². The second-order valence-electron chi connectivity index (χ2n) is 4.53. The Balaban J connectivity index is 2.23. The van der Waals surface area contributed by atoms with Crippen LogP contribution in [0.1, 0.15) is 26.2 Å². The van der Waals surface area contributed by atoms with E-state index in [-0.39, 0.29) is 6.04 Å². The van der Waals surface area contributed by atoms with Crippen molar-refractivity contribution in [2.45, 2.75) is 37.8 Å². The first kappa shape index (κ1) is 12.9. The van der Waals surface area contributed by atoms with E-state index < -0.39 is 5.60 Å². The predicted molar refractivity (Wildman–Crippen MR) is 61.0 cm³/mol. The molecule has 3 N–H and O–H groups in total. The van der Waals surface area contributed by atoms with Crippen LogP contribution in [0.3, 0.4) is 0 Å². The van der Waals surface area contributed by atoms with Crippen molar-refractivity contribution < 1.29 is 9.84 Å². The highest BCUT2D eigenvalue weighted by Gasteiger charge is 2.31. The first-order valence-corrected chi connectivity index (χ1v) is 5.82. The molecule has 1 heterocycles. The highest BCUT2D eigenvalue weighted by Crippen LogP contribution is 2.18. The van der Waals surface area contributed by atoms with Gasteiger partial charge in [0.05, 0.1) is 12.2 Å². The van der Waals surface area contributed by atoms with E-state index in [1.54, 1.807) is 7.11 Å². The minimum atomic E-state index is -0.659. The highest BCUT2D eigenvalue weighted by atomic mass is 16.5. The van der Waals surface area contributed by atoms with Gasteiger partial charge in [0.15, 0.2) is 0 Å². The molecule has 2 unspecified atom stereocenters. The lowest BCUT2D eigenvalue weighted by Gasteiger charge is -2.36. The fourth-order valence-electron chi connectivity index (χ4n) is 2.02. The van der Waals surface area contributed by atoms with Crippen LogP contribution in [0.2, 0.25) is 0 Å². The number of methoxy groups -OCH3 is 1. The van der Waals surface area contributed by atoms with E-state index in [4.69, 9.17) is 4.74 Å². The SMILES string of the molecule is COCCNCC(C)(O)C1CCCCN1. The van der Waals surface area contributed by atoms with Crippen LogP contribution in [0.25, 0.3) is 0 Å². The summed E-state index contributed by atoms with van der Waals surface area (Å²) in [5.74, 6) is 0. The maximum Gasteiger partial charge on any atom is 0.0895 e. The van der Waals surface area contributed by atoms with Crippen LogP contribution in [0.5, 0.6) is 0 Å². The zero-order valence-electron chi connectivity index (χ0n) is 9.88. The molecule has 2 atom stereocenters. The molecule has 0 aromatic carbocycles. The molecule has 1 aliphatic heterocycles. The van der Waals surface area contributed by atoms with E-state index >= 15 is 0 Å². The summed E-state index contributed by atoms with van der Waals surface area (Å²) in [5, 5.41) is 16.9. The molecule has 1 rings (SSSR count). The Morgan fingerprint density at radius 1 is 1.53 bits per heavy atom. The summed E-state index contributed by atoms with van der Waals surface area (Å²) >= 11 is 0. The number of hydrogen-bond donors (Lipinski definition) is 3. The van der Waals surface area contributed by atoms with Gasteiger partial charge in [-0.2, -0.15) is 0 Å². The number of hydrogen-bond acceptors (Lipinski definition) is 4. The Hall–Kier alpha value is -0.160. The van der Waals surface area contributed by atoms with E-state index in [2.05, 4.69) is 10.6 Å². The van der Waals surface area contributed by atoms with Gasteiger partial charge < -0.3 is 20.5 Å². The third-order valence-electron chi connectivity index (χ3n) is 3.03. The molecule has 1 aliphatic rings. The summed E-state index contributed by atoms with van der Waals surface area (Å²) in [6.07, 6.45) is 3.51. The van der Waals surface area contributed by atoms with Crippen LogP contribution in [-0.2, 0) is 4.74 Å². The third-order valence-corrected chi connectivity index (χ3v) is 3.03. The molecule has 0 saturated carbocycles. The minimum Gasteiger partial charge on any atom is -0.387 e. The summed E-state index contributed by atoms with van der Waals surface area (Å²) in [7, 11) is 1.68. The third kappa shape index (κ3) is 4.47. The average Bonchev–Trinajstić information content (AvgIpc) is 2.26. The van der Waals surface area contributed by atoms with Gasteiger partial charge in [-0.25, -0.2) is 0 Å². The van der Waals surface area contributed by atoms with E-state index in [9.17, 15) is 5.11 Å². The molecule has 90 valence electrons. The van der Waals surface area contributed by atoms with Crippen LogP contribution in [0.15, 0.2) is 0 Å². The second-order valence-corrected chi connectivity index (χ2v) is 4.53. The fraction of sp³-hybridized carbons (Fsp3) is 1.00. The van der Waals surface area contributed by atoms with Gasteiger partial charge in [0.1, 0.15) is 0 Å². The van der Waals surface area contributed by atoms with Crippen molar-refractivity contribution in [1.29, 1.82) is 0 Å². The van der Waals surface area contributed by atoms with Gasteiger partial charge in [0.25, 0.3) is 0 Å². The largest absolute Gasteiger partial charge is 0.387 e. The molecule has 0 amide bonds. The monoisotopic (exact) mass is 216 g/mol. The maximum atomic E-state index is 10.3. The molecule has 0 spiro atoms. The van der Waals surface area contributed by atoms with Crippen LogP contribution in [0.4, 0.5) is 0 Å². The highest BCUT2D eigenvalue weighted by molar-refractivity contribution is 4.91. The maximum absolute atomic E-state index is 10.3. The molecule has 0 radical (unpaired) electrons.